The van der Waals surface area contributed by atoms with Gasteiger partial charge in [-0.1, -0.05) is 37.7 Å². The van der Waals surface area contributed by atoms with Crippen molar-refractivity contribution in [3.63, 3.8) is 0 Å². The fraction of sp³-hybridized carbons (Fsp3) is 0.267. The van der Waals surface area contributed by atoms with E-state index in [-0.39, 0.29) is 16.8 Å². The van der Waals surface area contributed by atoms with Crippen LogP contribution in [0.15, 0.2) is 35.7 Å². The molecule has 0 amide bonds. The van der Waals surface area contributed by atoms with E-state index in [9.17, 15) is 4.39 Å². The van der Waals surface area contributed by atoms with Crippen molar-refractivity contribution in [3.8, 4) is 0 Å². The minimum Gasteiger partial charge on any atom is -0.389 e. The SMILES string of the molecule is CCCC(Nc1cccc(F)c1C(N)=S)c1cccs1. The fourth-order valence-electron chi connectivity index (χ4n) is 2.15. The summed E-state index contributed by atoms with van der Waals surface area (Å²) in [7, 11) is 0. The Morgan fingerprint density at radius 2 is 2.20 bits per heavy atom. The van der Waals surface area contributed by atoms with Crippen molar-refractivity contribution in [1.29, 1.82) is 0 Å². The first kappa shape index (κ1) is 14.9. The van der Waals surface area contributed by atoms with Gasteiger partial charge in [0, 0.05) is 10.6 Å². The van der Waals surface area contributed by atoms with Crippen molar-refractivity contribution in [2.45, 2.75) is 25.8 Å². The first-order valence-electron chi connectivity index (χ1n) is 6.51. The van der Waals surface area contributed by atoms with Crippen molar-refractivity contribution >= 4 is 34.2 Å². The lowest BCUT2D eigenvalue weighted by atomic mass is 10.1. The minimum atomic E-state index is -0.385. The summed E-state index contributed by atoms with van der Waals surface area (Å²) in [6.07, 6.45) is 2.00. The molecule has 0 bridgehead atoms. The molecule has 1 heterocycles. The van der Waals surface area contributed by atoms with Gasteiger partial charge >= 0.3 is 0 Å². The number of thiophene rings is 1. The van der Waals surface area contributed by atoms with Gasteiger partial charge in [0.05, 0.1) is 11.6 Å². The maximum atomic E-state index is 13.9. The van der Waals surface area contributed by atoms with Gasteiger partial charge in [-0.05, 0) is 30.0 Å². The van der Waals surface area contributed by atoms with E-state index < -0.39 is 0 Å². The summed E-state index contributed by atoms with van der Waals surface area (Å²) in [4.78, 5) is 1.30. The summed E-state index contributed by atoms with van der Waals surface area (Å²) in [5, 5.41) is 5.42. The van der Waals surface area contributed by atoms with Gasteiger partial charge in [-0.2, -0.15) is 0 Å². The maximum absolute atomic E-state index is 13.9. The molecular weight excluding hydrogens is 291 g/mol. The second-order valence-corrected chi connectivity index (χ2v) is 5.95. The third-order valence-electron chi connectivity index (χ3n) is 3.05. The first-order chi connectivity index (χ1) is 9.63. The Bertz CT molecular complexity index is 582. The largest absolute Gasteiger partial charge is 0.389 e. The minimum absolute atomic E-state index is 0.0760. The lowest BCUT2D eigenvalue weighted by molar-refractivity contribution is 0.624. The van der Waals surface area contributed by atoms with Gasteiger partial charge in [0.2, 0.25) is 0 Å². The highest BCUT2D eigenvalue weighted by molar-refractivity contribution is 7.80. The molecule has 1 aromatic carbocycles. The first-order valence-corrected chi connectivity index (χ1v) is 7.80. The Balaban J connectivity index is 2.32. The lowest BCUT2D eigenvalue weighted by Gasteiger charge is -2.20. The Morgan fingerprint density at radius 1 is 1.40 bits per heavy atom. The summed E-state index contributed by atoms with van der Waals surface area (Å²) >= 11 is 6.64. The van der Waals surface area contributed by atoms with Crippen LogP contribution < -0.4 is 11.1 Å². The average molecular weight is 308 g/mol. The van der Waals surface area contributed by atoms with Crippen molar-refractivity contribution < 1.29 is 4.39 Å². The number of rotatable bonds is 6. The maximum Gasteiger partial charge on any atom is 0.135 e. The third kappa shape index (κ3) is 3.35. The van der Waals surface area contributed by atoms with Crippen LogP contribution in [0, 0.1) is 5.82 Å². The highest BCUT2D eigenvalue weighted by Gasteiger charge is 2.16. The third-order valence-corrected chi connectivity index (χ3v) is 4.24. The Labute approximate surface area is 127 Å². The molecule has 1 unspecified atom stereocenters. The normalized spacial score (nSPS) is 12.1. The van der Waals surface area contributed by atoms with Crippen LogP contribution in [0.2, 0.25) is 0 Å². The average Bonchev–Trinajstić information content (AvgIpc) is 2.91. The smallest absolute Gasteiger partial charge is 0.135 e. The molecule has 0 aliphatic rings. The zero-order chi connectivity index (χ0) is 14.5. The lowest BCUT2D eigenvalue weighted by Crippen LogP contribution is -2.17. The molecule has 0 aliphatic heterocycles. The van der Waals surface area contributed by atoms with Gasteiger partial charge in [0.25, 0.3) is 0 Å². The number of thiocarbonyl (C=S) groups is 1. The number of anilines is 1. The molecule has 0 fully saturated rings. The predicted octanol–water partition coefficient (Wildman–Crippen LogP) is 4.47. The van der Waals surface area contributed by atoms with Crippen molar-refractivity contribution in [1.82, 2.24) is 0 Å². The molecule has 106 valence electrons. The van der Waals surface area contributed by atoms with E-state index in [1.54, 1.807) is 17.4 Å². The molecule has 0 aliphatic carbocycles. The molecule has 0 radical (unpaired) electrons. The summed E-state index contributed by atoms with van der Waals surface area (Å²) in [6, 6.07) is 9.10. The van der Waals surface area contributed by atoms with Gasteiger partial charge in [-0.25, -0.2) is 4.39 Å². The van der Waals surface area contributed by atoms with E-state index in [1.165, 1.54) is 10.9 Å². The molecule has 2 nitrogen and oxygen atoms in total. The summed E-state index contributed by atoms with van der Waals surface area (Å²) in [6.45, 7) is 2.13. The van der Waals surface area contributed by atoms with Crippen LogP contribution in [-0.2, 0) is 0 Å². The molecule has 1 atom stereocenters. The quantitative estimate of drug-likeness (QED) is 0.773. The van der Waals surface area contributed by atoms with E-state index >= 15 is 0 Å². The predicted molar refractivity (Wildman–Crippen MR) is 87.9 cm³/mol. The van der Waals surface area contributed by atoms with Gasteiger partial charge in [0.1, 0.15) is 10.8 Å². The molecule has 1 aromatic heterocycles. The summed E-state index contributed by atoms with van der Waals surface area (Å²) in [5.74, 6) is -0.385. The van der Waals surface area contributed by atoms with Gasteiger partial charge in [0.15, 0.2) is 0 Å². The van der Waals surface area contributed by atoms with Crippen LogP contribution >= 0.6 is 23.6 Å². The Morgan fingerprint density at radius 3 is 2.80 bits per heavy atom. The topological polar surface area (TPSA) is 38.0 Å². The molecular formula is C15H17FN2S2. The van der Waals surface area contributed by atoms with Crippen molar-refractivity contribution in [2.24, 2.45) is 5.73 Å². The molecule has 0 spiro atoms. The van der Waals surface area contributed by atoms with Gasteiger partial charge in [-0.15, -0.1) is 11.3 Å². The Kier molecular flexibility index (Phi) is 5.09. The molecule has 3 N–H and O–H groups in total. The van der Waals surface area contributed by atoms with Crippen molar-refractivity contribution in [3.05, 3.63) is 52.0 Å². The number of nitrogens with one attached hydrogen (secondary N) is 1. The number of nitrogens with two attached hydrogens (primary N) is 1. The second kappa shape index (κ2) is 6.81. The van der Waals surface area contributed by atoms with Crippen LogP contribution in [0.4, 0.5) is 10.1 Å². The van der Waals surface area contributed by atoms with Crippen LogP contribution in [0.3, 0.4) is 0 Å². The highest BCUT2D eigenvalue weighted by atomic mass is 32.1. The number of halogens is 1. The van der Waals surface area contributed by atoms with E-state index in [2.05, 4.69) is 18.3 Å². The van der Waals surface area contributed by atoms with E-state index in [1.807, 2.05) is 17.5 Å². The van der Waals surface area contributed by atoms with E-state index in [0.29, 0.717) is 11.3 Å². The zero-order valence-electron chi connectivity index (χ0n) is 11.2. The van der Waals surface area contributed by atoms with E-state index in [4.69, 9.17) is 18.0 Å². The standard InChI is InChI=1S/C15H17FN2S2/c1-2-5-11(13-8-4-9-20-13)18-12-7-3-6-10(16)14(12)15(17)19/h3-4,6-9,11,18H,2,5H2,1H3,(H2,17,19). The van der Waals surface area contributed by atoms with Crippen molar-refractivity contribution in [2.75, 3.05) is 5.32 Å². The molecule has 2 rings (SSSR count). The number of hydrogen-bond donors (Lipinski definition) is 2. The molecule has 2 aromatic rings. The fourth-order valence-corrected chi connectivity index (χ4v) is 3.17. The van der Waals surface area contributed by atoms with Crippen LogP contribution in [-0.4, -0.2) is 4.99 Å². The summed E-state index contributed by atoms with van der Waals surface area (Å²) < 4.78 is 13.9. The Hall–Kier alpha value is -1.46. The molecule has 0 saturated heterocycles. The molecule has 5 heteroatoms. The second-order valence-electron chi connectivity index (χ2n) is 4.53. The molecule has 20 heavy (non-hydrogen) atoms. The monoisotopic (exact) mass is 308 g/mol. The number of benzene rings is 1. The van der Waals surface area contributed by atoms with Crippen LogP contribution in [0.25, 0.3) is 0 Å². The van der Waals surface area contributed by atoms with Crippen LogP contribution in [0.5, 0.6) is 0 Å². The molecule has 0 saturated carbocycles. The van der Waals surface area contributed by atoms with E-state index in [0.717, 1.165) is 12.8 Å². The highest BCUT2D eigenvalue weighted by Crippen LogP contribution is 2.29. The van der Waals surface area contributed by atoms with Gasteiger partial charge < -0.3 is 11.1 Å². The number of hydrogen-bond acceptors (Lipinski definition) is 3. The van der Waals surface area contributed by atoms with Gasteiger partial charge in [-0.3, -0.25) is 0 Å². The van der Waals surface area contributed by atoms with Crippen LogP contribution in [0.1, 0.15) is 36.2 Å². The summed E-state index contributed by atoms with van der Waals surface area (Å²) in [5.41, 5.74) is 6.59. The zero-order valence-corrected chi connectivity index (χ0v) is 12.9.